The standard InChI is InChI=1S/C18H32O7Si/c1-13(19)23-16(24-14(2)20)10-12-18(6,11-9-15(21)22)25-26(7,8)17(3,4)5/h10,12,16H,9,11H2,1-8H3,(H,21,22)/b12-10+. The summed E-state index contributed by atoms with van der Waals surface area (Å²) >= 11 is 0. The highest BCUT2D eigenvalue weighted by Crippen LogP contribution is 2.40. The molecule has 0 aromatic heterocycles. The predicted octanol–water partition coefficient (Wildman–Crippen LogP) is 3.64. The Kier molecular flexibility index (Phi) is 8.72. The quantitative estimate of drug-likeness (QED) is 0.278. The minimum Gasteiger partial charge on any atom is -0.481 e. The summed E-state index contributed by atoms with van der Waals surface area (Å²) in [6, 6.07) is 0. The number of carboxylic acid groups (broad SMARTS) is 1. The third-order valence-electron chi connectivity index (χ3n) is 4.30. The smallest absolute Gasteiger partial charge is 0.305 e. The van der Waals surface area contributed by atoms with Crippen LogP contribution in [0.1, 0.15) is 54.4 Å². The summed E-state index contributed by atoms with van der Waals surface area (Å²) in [7, 11) is -2.21. The van der Waals surface area contributed by atoms with Gasteiger partial charge in [-0.1, -0.05) is 26.8 Å². The molecule has 0 aliphatic rings. The Morgan fingerprint density at radius 3 is 1.85 bits per heavy atom. The first-order chi connectivity index (χ1) is 11.6. The molecule has 150 valence electrons. The van der Waals surface area contributed by atoms with Gasteiger partial charge >= 0.3 is 17.9 Å². The summed E-state index contributed by atoms with van der Waals surface area (Å²) in [5, 5.41) is 8.97. The van der Waals surface area contributed by atoms with Gasteiger partial charge in [0.15, 0.2) is 8.32 Å². The van der Waals surface area contributed by atoms with Crippen LogP contribution in [0.4, 0.5) is 0 Å². The van der Waals surface area contributed by atoms with Crippen molar-refractivity contribution in [3.63, 3.8) is 0 Å². The number of carbonyl (C=O) groups excluding carboxylic acids is 2. The molecule has 0 fully saturated rings. The van der Waals surface area contributed by atoms with Crippen molar-refractivity contribution in [1.82, 2.24) is 0 Å². The third-order valence-corrected chi connectivity index (χ3v) is 8.89. The molecule has 0 heterocycles. The normalized spacial score (nSPS) is 15.0. The Hall–Kier alpha value is -1.67. The van der Waals surface area contributed by atoms with E-state index in [0.717, 1.165) is 0 Å². The summed E-state index contributed by atoms with van der Waals surface area (Å²) in [4.78, 5) is 33.4. The molecule has 0 saturated heterocycles. The Balaban J connectivity index is 5.59. The molecule has 26 heavy (non-hydrogen) atoms. The number of esters is 2. The van der Waals surface area contributed by atoms with Crippen LogP contribution >= 0.6 is 0 Å². The monoisotopic (exact) mass is 388 g/mol. The second-order valence-electron chi connectivity index (χ2n) is 8.02. The Labute approximate surface area is 156 Å². The summed E-state index contributed by atoms with van der Waals surface area (Å²) in [6.45, 7) is 14.6. The number of carbonyl (C=O) groups is 3. The van der Waals surface area contributed by atoms with E-state index in [1.165, 1.54) is 19.9 Å². The molecule has 0 spiro atoms. The first kappa shape index (κ1) is 24.3. The van der Waals surface area contributed by atoms with Gasteiger partial charge in [0.25, 0.3) is 6.29 Å². The van der Waals surface area contributed by atoms with Crippen LogP contribution in [0.5, 0.6) is 0 Å². The largest absolute Gasteiger partial charge is 0.481 e. The van der Waals surface area contributed by atoms with Gasteiger partial charge in [0.2, 0.25) is 0 Å². The topological polar surface area (TPSA) is 99.1 Å². The molecule has 0 aliphatic heterocycles. The van der Waals surface area contributed by atoms with Gasteiger partial charge in [0, 0.05) is 20.3 Å². The molecule has 1 unspecified atom stereocenters. The average molecular weight is 389 g/mol. The maximum atomic E-state index is 11.2. The van der Waals surface area contributed by atoms with Crippen molar-refractivity contribution in [1.29, 1.82) is 0 Å². The second-order valence-corrected chi connectivity index (χ2v) is 12.7. The van der Waals surface area contributed by atoms with Gasteiger partial charge in [-0.25, -0.2) is 0 Å². The molecule has 1 N–H and O–H groups in total. The van der Waals surface area contributed by atoms with Gasteiger partial charge in [-0.3, -0.25) is 14.4 Å². The Morgan fingerprint density at radius 2 is 1.50 bits per heavy atom. The molecular weight excluding hydrogens is 356 g/mol. The van der Waals surface area contributed by atoms with Crippen LogP contribution in [0.2, 0.25) is 18.1 Å². The molecule has 8 heteroatoms. The molecule has 0 rings (SSSR count). The highest BCUT2D eigenvalue weighted by atomic mass is 28.4. The Bertz CT molecular complexity index is 532. The van der Waals surface area contributed by atoms with Crippen molar-refractivity contribution < 1.29 is 33.4 Å². The van der Waals surface area contributed by atoms with Crippen LogP contribution in [0.25, 0.3) is 0 Å². The first-order valence-corrected chi connectivity index (χ1v) is 11.4. The first-order valence-electron chi connectivity index (χ1n) is 8.54. The molecule has 7 nitrogen and oxygen atoms in total. The van der Waals surface area contributed by atoms with E-state index in [9.17, 15) is 14.4 Å². The average Bonchev–Trinajstić information content (AvgIpc) is 2.40. The molecule has 0 saturated carbocycles. The molecule has 0 bridgehead atoms. The third kappa shape index (κ3) is 9.14. The van der Waals surface area contributed by atoms with Crippen LogP contribution in [0.15, 0.2) is 12.2 Å². The lowest BCUT2D eigenvalue weighted by Gasteiger charge is -2.43. The van der Waals surface area contributed by atoms with Gasteiger partial charge in [-0.05, 0) is 37.6 Å². The molecule has 0 aromatic rings. The van der Waals surface area contributed by atoms with E-state index in [0.29, 0.717) is 0 Å². The van der Waals surface area contributed by atoms with Gasteiger partial charge in [0.1, 0.15) is 0 Å². The van der Waals surface area contributed by atoms with Crippen molar-refractivity contribution in [2.75, 3.05) is 0 Å². The highest BCUT2D eigenvalue weighted by Gasteiger charge is 2.42. The highest BCUT2D eigenvalue weighted by molar-refractivity contribution is 6.74. The Morgan fingerprint density at radius 1 is 1.04 bits per heavy atom. The fourth-order valence-electron chi connectivity index (χ4n) is 1.97. The number of carboxylic acids is 1. The molecule has 1 atom stereocenters. The lowest BCUT2D eigenvalue weighted by Crippen LogP contribution is -2.48. The molecule has 0 aliphatic carbocycles. The van der Waals surface area contributed by atoms with Gasteiger partial charge < -0.3 is 19.0 Å². The SMILES string of the molecule is CC(=O)OC(/C=C/C(C)(CCC(=O)O)O[Si](C)(C)C(C)(C)C)OC(C)=O. The number of aliphatic carboxylic acids is 1. The lowest BCUT2D eigenvalue weighted by molar-refractivity contribution is -0.176. The van der Waals surface area contributed by atoms with Crippen LogP contribution in [0, 0.1) is 0 Å². The maximum absolute atomic E-state index is 11.2. The molecule has 0 amide bonds. The zero-order valence-corrected chi connectivity index (χ0v) is 18.0. The van der Waals surface area contributed by atoms with Crippen molar-refractivity contribution in [3.8, 4) is 0 Å². The second kappa shape index (κ2) is 9.32. The fourth-order valence-corrected chi connectivity index (χ4v) is 3.61. The van der Waals surface area contributed by atoms with Crippen molar-refractivity contribution in [3.05, 3.63) is 12.2 Å². The number of hydrogen-bond acceptors (Lipinski definition) is 6. The van der Waals surface area contributed by atoms with Gasteiger partial charge in [-0.15, -0.1) is 0 Å². The van der Waals surface area contributed by atoms with Crippen molar-refractivity contribution in [2.45, 2.75) is 84.4 Å². The van der Waals surface area contributed by atoms with E-state index in [-0.39, 0.29) is 17.9 Å². The molecule has 0 aromatic carbocycles. The van der Waals surface area contributed by atoms with Gasteiger partial charge in [0.05, 0.1) is 5.60 Å². The zero-order chi connectivity index (χ0) is 20.8. The van der Waals surface area contributed by atoms with Crippen LogP contribution < -0.4 is 0 Å². The van der Waals surface area contributed by atoms with E-state index in [2.05, 4.69) is 33.9 Å². The van der Waals surface area contributed by atoms with Gasteiger partial charge in [-0.2, -0.15) is 0 Å². The number of hydrogen-bond donors (Lipinski definition) is 1. The van der Waals surface area contributed by atoms with E-state index < -0.39 is 38.1 Å². The summed E-state index contributed by atoms with van der Waals surface area (Å²) in [6.07, 6.45) is 2.00. The van der Waals surface area contributed by atoms with E-state index in [1.54, 1.807) is 13.0 Å². The van der Waals surface area contributed by atoms with Crippen molar-refractivity contribution >= 4 is 26.2 Å². The number of rotatable bonds is 9. The predicted molar refractivity (Wildman–Crippen MR) is 100 cm³/mol. The molecule has 0 radical (unpaired) electrons. The minimum absolute atomic E-state index is 0.0729. The van der Waals surface area contributed by atoms with Crippen molar-refractivity contribution in [2.24, 2.45) is 0 Å². The van der Waals surface area contributed by atoms with E-state index in [1.807, 2.05) is 0 Å². The summed E-state index contributed by atoms with van der Waals surface area (Å²) < 4.78 is 16.3. The summed E-state index contributed by atoms with van der Waals surface area (Å²) in [5.74, 6) is -2.13. The van der Waals surface area contributed by atoms with Crippen LogP contribution in [-0.2, 0) is 28.3 Å². The van der Waals surface area contributed by atoms with E-state index >= 15 is 0 Å². The summed E-state index contributed by atoms with van der Waals surface area (Å²) in [5.41, 5.74) is -0.903. The maximum Gasteiger partial charge on any atom is 0.305 e. The molecular formula is C18H32O7Si. The zero-order valence-electron chi connectivity index (χ0n) is 17.0. The van der Waals surface area contributed by atoms with Crippen LogP contribution in [0.3, 0.4) is 0 Å². The fraction of sp³-hybridized carbons (Fsp3) is 0.722. The number of ether oxygens (including phenoxy) is 2. The van der Waals surface area contributed by atoms with Crippen LogP contribution in [-0.4, -0.2) is 43.2 Å². The van der Waals surface area contributed by atoms with E-state index in [4.69, 9.17) is 19.0 Å². The lowest BCUT2D eigenvalue weighted by atomic mass is 9.99. The minimum atomic E-state index is -2.21.